The molecule has 1 aliphatic carbocycles. The molecule has 16 heavy (non-hydrogen) atoms. The van der Waals surface area contributed by atoms with Crippen molar-refractivity contribution in [2.45, 2.75) is 12.7 Å². The molecule has 0 aromatic heterocycles. The Morgan fingerprint density at radius 2 is 2.44 bits per heavy atom. The number of carbonyl (C=O) groups excluding carboxylic acids is 1. The van der Waals surface area contributed by atoms with Crippen molar-refractivity contribution in [2.24, 2.45) is 11.8 Å². The lowest BCUT2D eigenvalue weighted by Crippen LogP contribution is -2.35. The van der Waals surface area contributed by atoms with E-state index in [9.17, 15) is 9.90 Å². The summed E-state index contributed by atoms with van der Waals surface area (Å²) in [6.45, 7) is -0.129. The van der Waals surface area contributed by atoms with Gasteiger partial charge in [0.1, 0.15) is 0 Å². The molecule has 1 heterocycles. The first-order valence-corrected chi connectivity index (χ1v) is 5.10. The smallest absolute Gasteiger partial charge is 0.337 e. The Labute approximate surface area is 93.0 Å². The van der Waals surface area contributed by atoms with Crippen LogP contribution in [0.5, 0.6) is 0 Å². The first kappa shape index (κ1) is 11.2. The molecule has 5 heteroatoms. The van der Waals surface area contributed by atoms with Gasteiger partial charge in [0.25, 0.3) is 0 Å². The Hall–Kier alpha value is -1.33. The van der Waals surface area contributed by atoms with Gasteiger partial charge in [-0.15, -0.1) is 0 Å². The van der Waals surface area contributed by atoms with Crippen molar-refractivity contribution in [2.75, 3.05) is 13.7 Å². The quantitative estimate of drug-likeness (QED) is 0.510. The van der Waals surface area contributed by atoms with E-state index >= 15 is 0 Å². The van der Waals surface area contributed by atoms with Crippen LogP contribution < -0.4 is 0 Å². The molecule has 5 nitrogen and oxygen atoms in total. The van der Waals surface area contributed by atoms with Gasteiger partial charge in [-0.05, 0) is 12.0 Å². The van der Waals surface area contributed by atoms with Crippen molar-refractivity contribution in [1.29, 1.82) is 0 Å². The molecule has 2 unspecified atom stereocenters. The van der Waals surface area contributed by atoms with Crippen molar-refractivity contribution >= 4 is 5.97 Å². The molecule has 2 N–H and O–H groups in total. The molecule has 2 rings (SSSR count). The monoisotopic (exact) mass is 226 g/mol. The lowest BCUT2D eigenvalue weighted by Gasteiger charge is -2.31. The SMILES string of the molecule is COC(=O)C1=CO[C@@H](O)C2C(CO)=CCC12. The predicted molar refractivity (Wildman–Crippen MR) is 54.0 cm³/mol. The van der Waals surface area contributed by atoms with Gasteiger partial charge in [-0.25, -0.2) is 4.79 Å². The standard InChI is InChI=1S/C11H14O5/c1-15-10(13)8-5-16-11(14)9-6(4-12)2-3-7(8)9/h2,5,7,9,11-12,14H,3-4H2,1H3/t7?,9?,11-/m1/s1. The summed E-state index contributed by atoms with van der Waals surface area (Å²) in [5.41, 5.74) is 1.13. The van der Waals surface area contributed by atoms with Crippen LogP contribution in [0.2, 0.25) is 0 Å². The highest BCUT2D eigenvalue weighted by Crippen LogP contribution is 2.42. The van der Waals surface area contributed by atoms with E-state index < -0.39 is 12.3 Å². The number of carbonyl (C=O) groups is 1. The molecular weight excluding hydrogens is 212 g/mol. The Morgan fingerprint density at radius 1 is 1.69 bits per heavy atom. The molecule has 0 fully saturated rings. The molecule has 0 saturated heterocycles. The van der Waals surface area contributed by atoms with Gasteiger partial charge in [0, 0.05) is 5.92 Å². The number of aliphatic hydroxyl groups is 2. The summed E-state index contributed by atoms with van der Waals surface area (Å²) >= 11 is 0. The van der Waals surface area contributed by atoms with Crippen LogP contribution in [-0.4, -0.2) is 36.2 Å². The summed E-state index contributed by atoms with van der Waals surface area (Å²) in [7, 11) is 1.30. The lowest BCUT2D eigenvalue weighted by atomic mass is 9.83. The second-order valence-electron chi connectivity index (χ2n) is 3.90. The second kappa shape index (κ2) is 4.27. The van der Waals surface area contributed by atoms with Crippen LogP contribution in [0.25, 0.3) is 0 Å². The van der Waals surface area contributed by atoms with E-state index in [4.69, 9.17) is 9.84 Å². The number of rotatable bonds is 2. The predicted octanol–water partition coefficient (Wildman–Crippen LogP) is -0.0533. The van der Waals surface area contributed by atoms with Gasteiger partial charge in [-0.2, -0.15) is 0 Å². The summed E-state index contributed by atoms with van der Waals surface area (Å²) < 4.78 is 9.65. The molecule has 88 valence electrons. The van der Waals surface area contributed by atoms with Crippen molar-refractivity contribution in [1.82, 2.24) is 0 Å². The van der Waals surface area contributed by atoms with E-state index in [1.54, 1.807) is 0 Å². The Morgan fingerprint density at radius 3 is 3.06 bits per heavy atom. The Kier molecular flexibility index (Phi) is 2.98. The minimum absolute atomic E-state index is 0.129. The highest BCUT2D eigenvalue weighted by Gasteiger charge is 2.43. The molecule has 0 radical (unpaired) electrons. The number of hydrogen-bond donors (Lipinski definition) is 2. The lowest BCUT2D eigenvalue weighted by molar-refractivity contribution is -0.141. The summed E-state index contributed by atoms with van der Waals surface area (Å²) in [6, 6.07) is 0. The average molecular weight is 226 g/mol. The van der Waals surface area contributed by atoms with Gasteiger partial charge in [0.05, 0.1) is 31.5 Å². The fraction of sp³-hybridized carbons (Fsp3) is 0.545. The van der Waals surface area contributed by atoms with Crippen molar-refractivity contribution in [3.05, 3.63) is 23.5 Å². The van der Waals surface area contributed by atoms with Crippen LogP contribution in [0.1, 0.15) is 6.42 Å². The number of aliphatic hydroxyl groups excluding tert-OH is 2. The fourth-order valence-electron chi connectivity index (χ4n) is 2.32. The van der Waals surface area contributed by atoms with E-state index in [0.29, 0.717) is 17.6 Å². The maximum atomic E-state index is 11.5. The zero-order valence-corrected chi connectivity index (χ0v) is 8.92. The molecule has 3 atom stereocenters. The maximum Gasteiger partial charge on any atom is 0.337 e. The van der Waals surface area contributed by atoms with Gasteiger partial charge >= 0.3 is 5.97 Å². The number of hydrogen-bond acceptors (Lipinski definition) is 5. The largest absolute Gasteiger partial charge is 0.472 e. The van der Waals surface area contributed by atoms with Crippen LogP contribution in [0.3, 0.4) is 0 Å². The summed E-state index contributed by atoms with van der Waals surface area (Å²) in [5, 5.41) is 18.8. The number of ether oxygens (including phenoxy) is 2. The van der Waals surface area contributed by atoms with Gasteiger partial charge in [-0.1, -0.05) is 6.08 Å². The van der Waals surface area contributed by atoms with Gasteiger partial charge in [-0.3, -0.25) is 0 Å². The normalized spacial score (nSPS) is 32.3. The number of fused-ring (bicyclic) bond motifs is 1. The van der Waals surface area contributed by atoms with Gasteiger partial charge in [0.15, 0.2) is 0 Å². The van der Waals surface area contributed by atoms with Crippen molar-refractivity contribution < 1.29 is 24.5 Å². The fourth-order valence-corrected chi connectivity index (χ4v) is 2.32. The Balaban J connectivity index is 2.26. The van der Waals surface area contributed by atoms with Gasteiger partial charge in [0.2, 0.25) is 6.29 Å². The van der Waals surface area contributed by atoms with Crippen molar-refractivity contribution in [3.8, 4) is 0 Å². The van der Waals surface area contributed by atoms with Crippen LogP contribution in [-0.2, 0) is 14.3 Å². The van der Waals surface area contributed by atoms with Crippen LogP contribution in [0.4, 0.5) is 0 Å². The van der Waals surface area contributed by atoms with E-state index in [1.807, 2.05) is 6.08 Å². The highest BCUT2D eigenvalue weighted by molar-refractivity contribution is 5.89. The number of esters is 1. The first-order chi connectivity index (χ1) is 7.69. The van der Waals surface area contributed by atoms with E-state index in [0.717, 1.165) is 0 Å². The third-order valence-electron chi connectivity index (χ3n) is 3.14. The van der Waals surface area contributed by atoms with Crippen LogP contribution in [0, 0.1) is 11.8 Å². The van der Waals surface area contributed by atoms with E-state index in [-0.39, 0.29) is 18.4 Å². The maximum absolute atomic E-state index is 11.5. The van der Waals surface area contributed by atoms with E-state index in [2.05, 4.69) is 4.74 Å². The molecule has 0 saturated carbocycles. The highest BCUT2D eigenvalue weighted by atomic mass is 16.6. The van der Waals surface area contributed by atoms with E-state index in [1.165, 1.54) is 13.4 Å². The first-order valence-electron chi connectivity index (χ1n) is 5.10. The number of allylic oxidation sites excluding steroid dienone is 1. The molecular formula is C11H14O5. The molecule has 1 aliphatic heterocycles. The molecule has 0 aromatic rings. The summed E-state index contributed by atoms with van der Waals surface area (Å²) in [6.07, 6.45) is 2.71. The number of methoxy groups -OCH3 is 1. The third-order valence-corrected chi connectivity index (χ3v) is 3.14. The average Bonchev–Trinajstić information content (AvgIpc) is 2.73. The third kappa shape index (κ3) is 1.62. The summed E-state index contributed by atoms with van der Waals surface area (Å²) in [4.78, 5) is 11.5. The minimum atomic E-state index is -1.00. The Bertz CT molecular complexity index is 357. The van der Waals surface area contributed by atoms with Gasteiger partial charge < -0.3 is 19.7 Å². The molecule has 2 aliphatic rings. The van der Waals surface area contributed by atoms with Crippen LogP contribution in [0.15, 0.2) is 23.5 Å². The molecule has 0 amide bonds. The zero-order chi connectivity index (χ0) is 11.7. The zero-order valence-electron chi connectivity index (χ0n) is 8.92. The van der Waals surface area contributed by atoms with Crippen LogP contribution >= 0.6 is 0 Å². The molecule has 0 spiro atoms. The second-order valence-corrected chi connectivity index (χ2v) is 3.90. The van der Waals surface area contributed by atoms with Crippen molar-refractivity contribution in [3.63, 3.8) is 0 Å². The minimum Gasteiger partial charge on any atom is -0.472 e. The topological polar surface area (TPSA) is 76.0 Å². The summed E-state index contributed by atoms with van der Waals surface area (Å²) in [5.74, 6) is -0.947. The molecule has 0 aromatic carbocycles. The molecule has 0 bridgehead atoms.